The molecule has 0 aliphatic rings. The lowest BCUT2D eigenvalue weighted by atomic mass is 9.82. The van der Waals surface area contributed by atoms with Crippen molar-refractivity contribution in [3.05, 3.63) is 234 Å². The quantitative estimate of drug-likeness (QED) is 0.165. The van der Waals surface area contributed by atoms with Crippen molar-refractivity contribution < 1.29 is 4.42 Å². The lowest BCUT2D eigenvalue weighted by molar-refractivity contribution is 0.591. The fourth-order valence-corrected chi connectivity index (χ4v) is 16.0. The maximum Gasteiger partial charge on any atom is 0.237 e. The van der Waals surface area contributed by atoms with E-state index >= 15 is 0 Å². The lowest BCUT2D eigenvalue weighted by Gasteiger charge is -2.28. The molecular weight excluding hydrogens is 1090 g/mol. The smallest absolute Gasteiger partial charge is 0.237 e. The Hall–Kier alpha value is -10.4. The van der Waals surface area contributed by atoms with Crippen LogP contribution in [0.3, 0.4) is 0 Å². The van der Waals surface area contributed by atoms with Gasteiger partial charge >= 0.3 is 0 Å². The Bertz CT molecular complexity index is 5770. The van der Waals surface area contributed by atoms with Gasteiger partial charge in [0.2, 0.25) is 5.69 Å². The van der Waals surface area contributed by atoms with E-state index in [9.17, 15) is 11.8 Å². The number of nitrogens with zero attached hydrogens (tertiary/aromatic N) is 6. The van der Waals surface area contributed by atoms with Crippen molar-refractivity contribution in [2.45, 2.75) is 78.6 Å². The Labute approximate surface area is 512 Å². The highest BCUT2D eigenvalue weighted by Gasteiger charge is 2.37. The van der Waals surface area contributed by atoms with E-state index in [-0.39, 0.29) is 16.2 Å². The first-order valence-corrected chi connectivity index (χ1v) is 31.2. The first-order valence-electron chi connectivity index (χ1n) is 30.3. The molecule has 7 nitrogen and oxygen atoms in total. The van der Waals surface area contributed by atoms with Crippen molar-refractivity contribution in [3.8, 4) is 28.8 Å². The molecule has 0 unspecified atom stereocenters. The normalized spacial score (nSPS) is 12.8. The van der Waals surface area contributed by atoms with E-state index in [1.165, 1.54) is 26.8 Å². The molecule has 0 atom stereocenters. The number of benzene rings is 11. The van der Waals surface area contributed by atoms with Crippen molar-refractivity contribution in [3.63, 3.8) is 0 Å². The maximum absolute atomic E-state index is 13.1. The van der Waals surface area contributed by atoms with Gasteiger partial charge in [-0.05, 0) is 99.7 Å². The first-order chi connectivity index (χ1) is 42.5. The molecule has 0 N–H and O–H groups in total. The molecule has 0 fully saturated rings. The second kappa shape index (κ2) is 18.1. The monoisotopic (exact) mass is 1150 g/mol. The largest absolute Gasteiger partial charge is 0.454 e. The van der Waals surface area contributed by atoms with Gasteiger partial charge in [-0.1, -0.05) is 196 Å². The summed E-state index contributed by atoms with van der Waals surface area (Å²) in [6, 6.07) is 75.2. The minimum atomic E-state index is -0.305. The standard InChI is InChI=1S/C80H60N6OS/c1-78(2,3)45-35-39-64-55(41-45)52-37-38-53-51-27-16-22-34-67(51)88-77(53)73(52)85(64)70-58(44-81)71(83-60-29-17-11-23-47(60)48-24-12-18-30-61(48)83)75(74(69(70)82-10)84-62-31-19-13-25-49(62)50-26-14-20-32-63(50)84)86-65-40-36-46(79(4,5)6)42-56(65)57-43-59(80(7,8)9)68-54-28-15-21-33-66(54)87-76(68)72(57)86/h11-43H,1-9H3. The van der Waals surface area contributed by atoms with Gasteiger partial charge < -0.3 is 22.7 Å². The Morgan fingerprint density at radius 2 is 0.875 bits per heavy atom. The summed E-state index contributed by atoms with van der Waals surface area (Å²) >= 11 is 1.77. The summed E-state index contributed by atoms with van der Waals surface area (Å²) in [7, 11) is 0. The molecule has 11 aromatic carbocycles. The summed E-state index contributed by atoms with van der Waals surface area (Å²) in [5.74, 6) is 0. The van der Waals surface area contributed by atoms with Crippen LogP contribution in [0.25, 0.3) is 157 Å². The second-order valence-electron chi connectivity index (χ2n) is 27.0. The van der Waals surface area contributed by atoms with Gasteiger partial charge in [-0.2, -0.15) is 5.26 Å². The number of hydrogen-bond acceptors (Lipinski definition) is 3. The first kappa shape index (κ1) is 52.0. The molecule has 8 heteroatoms. The molecule has 88 heavy (non-hydrogen) atoms. The van der Waals surface area contributed by atoms with Crippen LogP contribution in [-0.2, 0) is 16.2 Å². The van der Waals surface area contributed by atoms with Crippen LogP contribution in [0.15, 0.2) is 205 Å². The summed E-state index contributed by atoms with van der Waals surface area (Å²) in [5, 5.41) is 25.9. The van der Waals surface area contributed by atoms with Crippen LogP contribution in [0.4, 0.5) is 5.69 Å². The van der Waals surface area contributed by atoms with Crippen molar-refractivity contribution in [2.75, 3.05) is 0 Å². The Morgan fingerprint density at radius 1 is 0.409 bits per heavy atom. The van der Waals surface area contributed by atoms with Gasteiger partial charge in [0, 0.05) is 69.3 Å². The van der Waals surface area contributed by atoms with Gasteiger partial charge in [0.15, 0.2) is 5.58 Å². The van der Waals surface area contributed by atoms with Gasteiger partial charge in [-0.3, -0.25) is 0 Å². The molecule has 422 valence electrons. The van der Waals surface area contributed by atoms with Crippen molar-refractivity contribution in [1.82, 2.24) is 18.3 Å². The third kappa shape index (κ3) is 7.04. The Morgan fingerprint density at radius 3 is 1.41 bits per heavy atom. The second-order valence-corrected chi connectivity index (χ2v) is 28.1. The molecular formula is C80H60N6OS. The van der Waals surface area contributed by atoms with Crippen LogP contribution in [0.5, 0.6) is 0 Å². The molecule has 17 aromatic rings. The van der Waals surface area contributed by atoms with Crippen molar-refractivity contribution in [1.29, 1.82) is 5.26 Å². The molecule has 6 aromatic heterocycles. The summed E-state index contributed by atoms with van der Waals surface area (Å²) in [4.78, 5) is 4.98. The summed E-state index contributed by atoms with van der Waals surface area (Å²) in [6.07, 6.45) is 0. The molecule has 0 saturated heterocycles. The fourth-order valence-electron chi connectivity index (χ4n) is 14.7. The van der Waals surface area contributed by atoms with E-state index in [1.807, 2.05) is 0 Å². The Kier molecular flexibility index (Phi) is 10.7. The number of thiophene rings is 1. The zero-order valence-corrected chi connectivity index (χ0v) is 51.4. The summed E-state index contributed by atoms with van der Waals surface area (Å²) in [5.41, 5.74) is 15.0. The highest BCUT2D eigenvalue weighted by Crippen LogP contribution is 2.55. The van der Waals surface area contributed by atoms with E-state index in [4.69, 9.17) is 9.26 Å². The number of aromatic nitrogens is 4. The molecule has 6 heterocycles. The number of para-hydroxylation sites is 5. The Balaban J connectivity index is 1.22. The van der Waals surface area contributed by atoms with E-state index < -0.39 is 0 Å². The fraction of sp³-hybridized carbons (Fsp3) is 0.150. The average molecular weight is 1150 g/mol. The molecule has 0 radical (unpaired) electrons. The van der Waals surface area contributed by atoms with Crippen LogP contribution < -0.4 is 0 Å². The lowest BCUT2D eigenvalue weighted by Crippen LogP contribution is -2.15. The topological polar surface area (TPSA) is 61.0 Å². The highest BCUT2D eigenvalue weighted by molar-refractivity contribution is 7.26. The minimum Gasteiger partial charge on any atom is -0.454 e. The zero-order chi connectivity index (χ0) is 60.0. The predicted octanol–water partition coefficient (Wildman–Crippen LogP) is 22.7. The molecule has 0 spiro atoms. The highest BCUT2D eigenvalue weighted by atomic mass is 32.1. The molecule has 0 aliphatic heterocycles. The van der Waals surface area contributed by atoms with Crippen LogP contribution in [0.1, 0.15) is 84.6 Å². The molecule has 0 bridgehead atoms. The van der Waals surface area contributed by atoms with Crippen molar-refractivity contribution >= 4 is 146 Å². The van der Waals surface area contributed by atoms with Gasteiger partial charge in [0.05, 0.1) is 83.7 Å². The van der Waals surface area contributed by atoms with E-state index in [1.54, 1.807) is 11.3 Å². The van der Waals surface area contributed by atoms with Crippen LogP contribution in [0, 0.1) is 17.9 Å². The molecule has 17 rings (SSSR count). The maximum atomic E-state index is 13.1. The third-order valence-electron chi connectivity index (χ3n) is 18.8. The third-order valence-corrected chi connectivity index (χ3v) is 20.0. The molecule has 0 aliphatic carbocycles. The van der Waals surface area contributed by atoms with Crippen LogP contribution in [-0.4, -0.2) is 18.3 Å². The number of furan rings is 1. The molecule has 0 amide bonds. The van der Waals surface area contributed by atoms with Gasteiger partial charge in [-0.25, -0.2) is 4.85 Å². The van der Waals surface area contributed by atoms with Gasteiger partial charge in [0.1, 0.15) is 11.7 Å². The zero-order valence-electron chi connectivity index (χ0n) is 50.6. The summed E-state index contributed by atoms with van der Waals surface area (Å²) < 4.78 is 19.1. The number of nitriles is 1. The van der Waals surface area contributed by atoms with Crippen LogP contribution >= 0.6 is 11.3 Å². The average Bonchev–Trinajstić information content (AvgIpc) is 1.48. The van der Waals surface area contributed by atoms with E-state index in [0.717, 1.165) is 119 Å². The van der Waals surface area contributed by atoms with Crippen molar-refractivity contribution in [2.24, 2.45) is 0 Å². The van der Waals surface area contributed by atoms with Crippen LogP contribution in [0.2, 0.25) is 0 Å². The molecule has 0 saturated carbocycles. The SMILES string of the molecule is [C-]#[N+]c1c(-n2c3ccccc3c3ccccc32)c(-n2c3ccc(C(C)(C)C)cc3c3cc(C(C)(C)C)c4c5ccccc5oc4c32)c(-n2c3ccccc3c3ccccc32)c(C#N)c1-n1c2ccc(C(C)(C)C)cc2c2ccc3c4ccccc4sc3c21. The van der Waals surface area contributed by atoms with Gasteiger partial charge in [-0.15, -0.1) is 11.3 Å². The van der Waals surface area contributed by atoms with Gasteiger partial charge in [0.25, 0.3) is 0 Å². The number of fused-ring (bicyclic) bond motifs is 20. The number of rotatable bonds is 4. The minimum absolute atomic E-state index is 0.173. The predicted molar refractivity (Wildman–Crippen MR) is 371 cm³/mol. The summed E-state index contributed by atoms with van der Waals surface area (Å²) in [6.45, 7) is 30.7. The number of hydrogen-bond donors (Lipinski definition) is 0. The van der Waals surface area contributed by atoms with E-state index in [0.29, 0.717) is 34.0 Å². The van der Waals surface area contributed by atoms with E-state index in [2.05, 4.69) is 287 Å².